The first-order valence-electron chi connectivity index (χ1n) is 8.26. The Hall–Kier alpha value is -3.47. The Labute approximate surface area is 151 Å². The van der Waals surface area contributed by atoms with Gasteiger partial charge in [0.2, 0.25) is 5.91 Å². The maximum atomic E-state index is 11.9. The minimum Gasteiger partial charge on any atom is -0.494 e. The highest BCUT2D eigenvalue weighted by atomic mass is 16.5. The molecule has 0 aliphatic rings. The number of carbonyl (C=O) groups excluding carboxylic acids is 1. The van der Waals surface area contributed by atoms with Crippen molar-refractivity contribution in [2.75, 3.05) is 11.9 Å². The van der Waals surface area contributed by atoms with Crippen LogP contribution in [0, 0.1) is 0 Å². The summed E-state index contributed by atoms with van der Waals surface area (Å²) in [4.78, 5) is 11.9. The van der Waals surface area contributed by atoms with Crippen LogP contribution in [0.15, 0.2) is 77.4 Å². The summed E-state index contributed by atoms with van der Waals surface area (Å²) in [7, 11) is 0. The lowest BCUT2D eigenvalue weighted by atomic mass is 10.3. The highest BCUT2D eigenvalue weighted by Crippen LogP contribution is 2.25. The van der Waals surface area contributed by atoms with E-state index in [4.69, 9.17) is 13.9 Å². The zero-order chi connectivity index (χ0) is 18.2. The molecule has 0 fully saturated rings. The Kier molecular flexibility index (Phi) is 5.72. The summed E-state index contributed by atoms with van der Waals surface area (Å²) in [6.45, 7) is 2.57. The van der Waals surface area contributed by atoms with Gasteiger partial charge in [0.15, 0.2) is 0 Å². The van der Waals surface area contributed by atoms with Gasteiger partial charge in [0.05, 0.1) is 12.9 Å². The Morgan fingerprint density at radius 3 is 2.27 bits per heavy atom. The third kappa shape index (κ3) is 5.01. The molecule has 1 N–H and O–H groups in total. The maximum absolute atomic E-state index is 11.9. The van der Waals surface area contributed by atoms with Crippen LogP contribution in [0.4, 0.5) is 5.69 Å². The van der Waals surface area contributed by atoms with Gasteiger partial charge in [-0.05, 0) is 73.7 Å². The van der Waals surface area contributed by atoms with Crippen LogP contribution in [0.2, 0.25) is 0 Å². The molecule has 1 amide bonds. The van der Waals surface area contributed by atoms with Crippen molar-refractivity contribution in [3.63, 3.8) is 0 Å². The van der Waals surface area contributed by atoms with Crippen LogP contribution >= 0.6 is 0 Å². The second-order valence-electron chi connectivity index (χ2n) is 5.37. The molecule has 0 saturated heterocycles. The third-order valence-corrected chi connectivity index (χ3v) is 3.43. The molecule has 0 atom stereocenters. The van der Waals surface area contributed by atoms with Crippen molar-refractivity contribution in [1.82, 2.24) is 0 Å². The van der Waals surface area contributed by atoms with Gasteiger partial charge in [-0.1, -0.05) is 0 Å². The standard InChI is InChI=1S/C21H19NO4/c1-2-24-18-9-11-20(12-10-18)26-19-7-5-16(6-8-19)22-21(23)14-13-17-4-3-15-25-17/h3-15H,2H2,1H3,(H,22,23)/b14-13+. The number of rotatable bonds is 7. The van der Waals surface area contributed by atoms with Gasteiger partial charge in [-0.15, -0.1) is 0 Å². The van der Waals surface area contributed by atoms with Crippen LogP contribution in [0.5, 0.6) is 17.2 Å². The SMILES string of the molecule is CCOc1ccc(Oc2ccc(NC(=O)/C=C/c3ccco3)cc2)cc1. The van der Waals surface area contributed by atoms with Gasteiger partial charge in [0.25, 0.3) is 0 Å². The molecular formula is C21H19NO4. The lowest BCUT2D eigenvalue weighted by molar-refractivity contribution is -0.111. The van der Waals surface area contributed by atoms with Crippen LogP contribution < -0.4 is 14.8 Å². The predicted molar refractivity (Wildman–Crippen MR) is 100 cm³/mol. The van der Waals surface area contributed by atoms with Crippen molar-refractivity contribution in [1.29, 1.82) is 0 Å². The molecule has 1 aromatic heterocycles. The number of amides is 1. The quantitative estimate of drug-likeness (QED) is 0.601. The van der Waals surface area contributed by atoms with Gasteiger partial charge < -0.3 is 19.2 Å². The molecule has 0 spiro atoms. The molecule has 3 rings (SSSR count). The van der Waals surface area contributed by atoms with Crippen LogP contribution in [0.3, 0.4) is 0 Å². The van der Waals surface area contributed by atoms with Gasteiger partial charge in [-0.25, -0.2) is 0 Å². The summed E-state index contributed by atoms with van der Waals surface area (Å²) in [6, 6.07) is 18.1. The fourth-order valence-corrected chi connectivity index (χ4v) is 2.24. The molecule has 5 heteroatoms. The van der Waals surface area contributed by atoms with Crippen molar-refractivity contribution >= 4 is 17.7 Å². The van der Waals surface area contributed by atoms with E-state index in [0.29, 0.717) is 29.6 Å². The van der Waals surface area contributed by atoms with E-state index in [1.807, 2.05) is 31.2 Å². The smallest absolute Gasteiger partial charge is 0.248 e. The van der Waals surface area contributed by atoms with E-state index in [1.165, 1.54) is 6.08 Å². The second kappa shape index (κ2) is 8.58. The maximum Gasteiger partial charge on any atom is 0.248 e. The summed E-state index contributed by atoms with van der Waals surface area (Å²) in [6.07, 6.45) is 4.59. The Balaban J connectivity index is 1.55. The molecule has 26 heavy (non-hydrogen) atoms. The fourth-order valence-electron chi connectivity index (χ4n) is 2.24. The lowest BCUT2D eigenvalue weighted by Crippen LogP contribution is -2.07. The minimum atomic E-state index is -0.235. The van der Waals surface area contributed by atoms with Gasteiger partial charge in [-0.2, -0.15) is 0 Å². The highest BCUT2D eigenvalue weighted by Gasteiger charge is 2.01. The van der Waals surface area contributed by atoms with Crippen molar-refractivity contribution in [2.45, 2.75) is 6.92 Å². The Morgan fingerprint density at radius 1 is 1.00 bits per heavy atom. The number of nitrogens with one attached hydrogen (secondary N) is 1. The van der Waals surface area contributed by atoms with E-state index >= 15 is 0 Å². The van der Waals surface area contributed by atoms with Crippen molar-refractivity contribution in [3.05, 3.63) is 78.8 Å². The first-order chi connectivity index (χ1) is 12.7. The number of benzene rings is 2. The summed E-state index contributed by atoms with van der Waals surface area (Å²) in [5.74, 6) is 2.59. The van der Waals surface area contributed by atoms with Crippen LogP contribution in [-0.4, -0.2) is 12.5 Å². The molecule has 2 aromatic carbocycles. The molecule has 0 saturated carbocycles. The van der Waals surface area contributed by atoms with Crippen molar-refractivity contribution < 1.29 is 18.7 Å². The van der Waals surface area contributed by atoms with E-state index < -0.39 is 0 Å². The molecule has 0 bridgehead atoms. The van der Waals surface area contributed by atoms with Crippen molar-refractivity contribution in [2.24, 2.45) is 0 Å². The highest BCUT2D eigenvalue weighted by molar-refractivity contribution is 6.01. The number of ether oxygens (including phenoxy) is 2. The predicted octanol–water partition coefficient (Wildman–Crippen LogP) is 5.12. The molecule has 3 aromatic rings. The van der Waals surface area contributed by atoms with E-state index in [-0.39, 0.29) is 5.91 Å². The van der Waals surface area contributed by atoms with Gasteiger partial charge in [0, 0.05) is 11.8 Å². The average molecular weight is 349 g/mol. The topological polar surface area (TPSA) is 60.7 Å². The number of anilines is 1. The zero-order valence-corrected chi connectivity index (χ0v) is 14.3. The third-order valence-electron chi connectivity index (χ3n) is 3.43. The monoisotopic (exact) mass is 349 g/mol. The number of furan rings is 1. The average Bonchev–Trinajstić information content (AvgIpc) is 3.17. The van der Waals surface area contributed by atoms with Crippen LogP contribution in [0.25, 0.3) is 6.08 Å². The number of carbonyl (C=O) groups is 1. The normalized spacial score (nSPS) is 10.7. The molecule has 5 nitrogen and oxygen atoms in total. The first-order valence-corrected chi connectivity index (χ1v) is 8.26. The van der Waals surface area contributed by atoms with E-state index in [2.05, 4.69) is 5.32 Å². The number of hydrogen-bond acceptors (Lipinski definition) is 4. The largest absolute Gasteiger partial charge is 0.494 e. The molecular weight excluding hydrogens is 330 g/mol. The Bertz CT molecular complexity index is 850. The summed E-state index contributed by atoms with van der Waals surface area (Å²) >= 11 is 0. The second-order valence-corrected chi connectivity index (χ2v) is 5.37. The summed E-state index contributed by atoms with van der Waals surface area (Å²) in [5, 5.41) is 2.78. The van der Waals surface area contributed by atoms with Crippen LogP contribution in [0.1, 0.15) is 12.7 Å². The van der Waals surface area contributed by atoms with Crippen molar-refractivity contribution in [3.8, 4) is 17.2 Å². The molecule has 0 aliphatic carbocycles. The molecule has 0 aliphatic heterocycles. The number of hydrogen-bond donors (Lipinski definition) is 1. The lowest BCUT2D eigenvalue weighted by Gasteiger charge is -2.08. The summed E-state index contributed by atoms with van der Waals surface area (Å²) < 4.78 is 16.3. The van der Waals surface area contributed by atoms with Gasteiger partial charge >= 0.3 is 0 Å². The molecule has 0 unspecified atom stereocenters. The molecule has 1 heterocycles. The zero-order valence-electron chi connectivity index (χ0n) is 14.3. The first kappa shape index (κ1) is 17.4. The van der Waals surface area contributed by atoms with E-state index in [9.17, 15) is 4.79 Å². The van der Waals surface area contributed by atoms with Gasteiger partial charge in [0.1, 0.15) is 23.0 Å². The van der Waals surface area contributed by atoms with E-state index in [1.54, 1.807) is 48.7 Å². The minimum absolute atomic E-state index is 0.235. The van der Waals surface area contributed by atoms with Crippen LogP contribution in [-0.2, 0) is 4.79 Å². The Morgan fingerprint density at radius 2 is 1.65 bits per heavy atom. The molecule has 132 valence electrons. The van der Waals surface area contributed by atoms with E-state index in [0.717, 1.165) is 5.75 Å². The van der Waals surface area contributed by atoms with Gasteiger partial charge in [-0.3, -0.25) is 4.79 Å². The summed E-state index contributed by atoms with van der Waals surface area (Å²) in [5.41, 5.74) is 0.679. The fraction of sp³-hybridized carbons (Fsp3) is 0.0952. The molecule has 0 radical (unpaired) electrons.